The molecule has 2 aliphatic heterocycles. The molecule has 0 atom stereocenters. The number of likely N-dealkylation sites (tertiary alicyclic amines) is 1. The maximum Gasteiger partial charge on any atom is 0.246 e. The Morgan fingerprint density at radius 1 is 0.968 bits per heavy atom. The first-order chi connectivity index (χ1) is 15.1. The van der Waals surface area contributed by atoms with Gasteiger partial charge in [-0.15, -0.1) is 0 Å². The highest BCUT2D eigenvalue weighted by Gasteiger charge is 2.49. The van der Waals surface area contributed by atoms with Gasteiger partial charge in [0.05, 0.1) is 6.54 Å². The topological polar surface area (TPSA) is 40.6 Å². The molecule has 2 heterocycles. The van der Waals surface area contributed by atoms with Crippen LogP contribution < -0.4 is 0 Å². The van der Waals surface area contributed by atoms with Crippen molar-refractivity contribution < 1.29 is 14.0 Å². The molecule has 0 spiro atoms. The number of benzene rings is 2. The highest BCUT2D eigenvalue weighted by molar-refractivity contribution is 5.96. The van der Waals surface area contributed by atoms with E-state index in [1.807, 2.05) is 60.7 Å². The number of rotatable bonds is 4. The van der Waals surface area contributed by atoms with E-state index in [0.717, 1.165) is 22.3 Å². The zero-order chi connectivity index (χ0) is 21.4. The Labute approximate surface area is 181 Å². The molecule has 2 amide bonds. The SMILES string of the molecule is O=C(CN1CCC(c2ccccc2)(c2ccccc2)C1=O)N1C=C2CC=C(F)C=C2C1. The first kappa shape index (κ1) is 19.5. The van der Waals surface area contributed by atoms with Gasteiger partial charge in [-0.25, -0.2) is 4.39 Å². The second-order valence-corrected chi connectivity index (χ2v) is 8.25. The van der Waals surface area contributed by atoms with Crippen molar-refractivity contribution in [1.29, 1.82) is 0 Å². The molecule has 0 bridgehead atoms. The molecule has 156 valence electrons. The van der Waals surface area contributed by atoms with E-state index < -0.39 is 5.41 Å². The van der Waals surface area contributed by atoms with E-state index in [-0.39, 0.29) is 24.2 Å². The number of halogens is 1. The van der Waals surface area contributed by atoms with Crippen LogP contribution in [0.15, 0.2) is 96.0 Å². The molecule has 1 aliphatic carbocycles. The number of carbonyl (C=O) groups is 2. The van der Waals surface area contributed by atoms with Crippen LogP contribution in [0, 0.1) is 0 Å². The molecule has 3 aliphatic rings. The lowest BCUT2D eigenvalue weighted by Crippen LogP contribution is -2.43. The monoisotopic (exact) mass is 414 g/mol. The van der Waals surface area contributed by atoms with Crippen molar-refractivity contribution in [2.45, 2.75) is 18.3 Å². The van der Waals surface area contributed by atoms with Crippen molar-refractivity contribution in [2.75, 3.05) is 19.6 Å². The van der Waals surface area contributed by atoms with Crippen LogP contribution in [0.3, 0.4) is 0 Å². The molecule has 0 radical (unpaired) electrons. The molecule has 0 N–H and O–H groups in total. The Balaban J connectivity index is 1.39. The molecule has 1 saturated heterocycles. The molecule has 0 aromatic heterocycles. The Bertz CT molecular complexity index is 1080. The summed E-state index contributed by atoms with van der Waals surface area (Å²) in [6.45, 7) is 0.894. The molecule has 4 nitrogen and oxygen atoms in total. The second-order valence-electron chi connectivity index (χ2n) is 8.25. The zero-order valence-corrected chi connectivity index (χ0v) is 17.1. The first-order valence-electron chi connectivity index (χ1n) is 10.5. The van der Waals surface area contributed by atoms with E-state index in [1.165, 1.54) is 12.2 Å². The number of hydrogen-bond donors (Lipinski definition) is 0. The summed E-state index contributed by atoms with van der Waals surface area (Å²) in [5.41, 5.74) is 2.91. The fourth-order valence-corrected chi connectivity index (χ4v) is 4.85. The minimum atomic E-state index is -0.782. The molecular formula is C26H23FN2O2. The van der Waals surface area contributed by atoms with Crippen LogP contribution >= 0.6 is 0 Å². The van der Waals surface area contributed by atoms with Crippen molar-refractivity contribution in [3.05, 3.63) is 107 Å². The lowest BCUT2D eigenvalue weighted by atomic mass is 9.73. The minimum absolute atomic E-state index is 0.0211. The normalized spacial score (nSPS) is 19.6. The average Bonchev–Trinajstić information content (AvgIpc) is 3.37. The number of carbonyl (C=O) groups excluding carboxylic acids is 2. The van der Waals surface area contributed by atoms with Gasteiger partial charge in [0.1, 0.15) is 17.8 Å². The van der Waals surface area contributed by atoms with E-state index in [9.17, 15) is 14.0 Å². The van der Waals surface area contributed by atoms with Crippen molar-refractivity contribution in [3.8, 4) is 0 Å². The van der Waals surface area contributed by atoms with E-state index in [4.69, 9.17) is 0 Å². The van der Waals surface area contributed by atoms with E-state index in [2.05, 4.69) is 0 Å². The van der Waals surface area contributed by atoms with Crippen LogP contribution in [0.4, 0.5) is 4.39 Å². The third-order valence-electron chi connectivity index (χ3n) is 6.48. The van der Waals surface area contributed by atoms with Crippen LogP contribution in [0.1, 0.15) is 24.0 Å². The van der Waals surface area contributed by atoms with Crippen molar-refractivity contribution in [1.82, 2.24) is 9.80 Å². The smallest absolute Gasteiger partial charge is 0.246 e. The third kappa shape index (κ3) is 3.30. The van der Waals surface area contributed by atoms with Gasteiger partial charge in [-0.2, -0.15) is 0 Å². The van der Waals surface area contributed by atoms with E-state index in [1.54, 1.807) is 16.0 Å². The summed E-state index contributed by atoms with van der Waals surface area (Å²) in [4.78, 5) is 30.0. The summed E-state index contributed by atoms with van der Waals surface area (Å²) < 4.78 is 13.5. The summed E-state index contributed by atoms with van der Waals surface area (Å²) in [6, 6.07) is 19.6. The summed E-state index contributed by atoms with van der Waals surface area (Å²) in [7, 11) is 0. The summed E-state index contributed by atoms with van der Waals surface area (Å²) in [6.07, 6.45) is 5.91. The molecule has 5 heteroatoms. The van der Waals surface area contributed by atoms with Gasteiger partial charge >= 0.3 is 0 Å². The van der Waals surface area contributed by atoms with Gasteiger partial charge in [-0.3, -0.25) is 9.59 Å². The fraction of sp³-hybridized carbons (Fsp3) is 0.231. The van der Waals surface area contributed by atoms with Crippen LogP contribution in [-0.4, -0.2) is 41.2 Å². The van der Waals surface area contributed by atoms with Crippen LogP contribution in [0.25, 0.3) is 0 Å². The maximum atomic E-state index is 13.7. The predicted octanol–water partition coefficient (Wildman–Crippen LogP) is 4.11. The van der Waals surface area contributed by atoms with Crippen LogP contribution in [-0.2, 0) is 15.0 Å². The zero-order valence-electron chi connectivity index (χ0n) is 17.1. The molecule has 0 saturated carbocycles. The first-order valence-corrected chi connectivity index (χ1v) is 10.5. The number of fused-ring (bicyclic) bond motifs is 1. The summed E-state index contributed by atoms with van der Waals surface area (Å²) in [5.74, 6) is -0.449. The van der Waals surface area contributed by atoms with Gasteiger partial charge in [0.15, 0.2) is 0 Å². The van der Waals surface area contributed by atoms with E-state index >= 15 is 0 Å². The lowest BCUT2D eigenvalue weighted by molar-refractivity contribution is -0.138. The molecule has 31 heavy (non-hydrogen) atoms. The summed E-state index contributed by atoms with van der Waals surface area (Å²) in [5, 5.41) is 0. The van der Waals surface area contributed by atoms with Crippen molar-refractivity contribution in [3.63, 3.8) is 0 Å². The molecule has 2 aromatic carbocycles. The number of hydrogen-bond acceptors (Lipinski definition) is 2. The molecule has 1 fully saturated rings. The second kappa shape index (κ2) is 7.65. The largest absolute Gasteiger partial charge is 0.332 e. The molecule has 5 rings (SSSR count). The average molecular weight is 414 g/mol. The molecule has 0 unspecified atom stereocenters. The van der Waals surface area contributed by atoms with Crippen LogP contribution in [0.2, 0.25) is 0 Å². The highest BCUT2D eigenvalue weighted by atomic mass is 19.1. The van der Waals surface area contributed by atoms with Gasteiger partial charge in [0.2, 0.25) is 11.8 Å². The summed E-state index contributed by atoms with van der Waals surface area (Å²) >= 11 is 0. The van der Waals surface area contributed by atoms with Crippen LogP contribution in [0.5, 0.6) is 0 Å². The lowest BCUT2D eigenvalue weighted by Gasteiger charge is -2.29. The number of nitrogens with zero attached hydrogens (tertiary/aromatic N) is 2. The fourth-order valence-electron chi connectivity index (χ4n) is 4.85. The van der Waals surface area contributed by atoms with Gasteiger partial charge < -0.3 is 9.80 Å². The van der Waals surface area contributed by atoms with Gasteiger partial charge in [0.25, 0.3) is 0 Å². The van der Waals surface area contributed by atoms with Gasteiger partial charge in [0, 0.05) is 12.7 Å². The highest BCUT2D eigenvalue weighted by Crippen LogP contribution is 2.42. The van der Waals surface area contributed by atoms with Crippen molar-refractivity contribution in [2.24, 2.45) is 0 Å². The quantitative estimate of drug-likeness (QED) is 0.755. The number of amides is 2. The number of allylic oxidation sites excluding steroid dienone is 3. The molecule has 2 aromatic rings. The van der Waals surface area contributed by atoms with Gasteiger partial charge in [-0.1, -0.05) is 60.7 Å². The van der Waals surface area contributed by atoms with Crippen molar-refractivity contribution >= 4 is 11.8 Å². The minimum Gasteiger partial charge on any atom is -0.332 e. The third-order valence-corrected chi connectivity index (χ3v) is 6.48. The Kier molecular flexibility index (Phi) is 4.81. The maximum absolute atomic E-state index is 13.7. The Morgan fingerprint density at radius 2 is 1.61 bits per heavy atom. The Morgan fingerprint density at radius 3 is 2.26 bits per heavy atom. The van der Waals surface area contributed by atoms with Gasteiger partial charge in [-0.05, 0) is 47.3 Å². The van der Waals surface area contributed by atoms with E-state index in [0.29, 0.717) is 25.9 Å². The Hall–Kier alpha value is -3.47. The molecular weight excluding hydrogens is 391 g/mol. The predicted molar refractivity (Wildman–Crippen MR) is 117 cm³/mol. The standard InChI is InChI=1S/C26H23FN2O2/c27-23-12-11-19-16-29(17-20(19)15-23)24(30)18-28-14-13-26(25(28)31,21-7-3-1-4-8-21)22-9-5-2-6-10-22/h1-10,12,15-16H,11,13-14,17-18H2.